The minimum Gasteiger partial charge on any atom is -0.496 e. The van der Waals surface area contributed by atoms with E-state index < -0.39 is 0 Å². The first-order valence-electron chi connectivity index (χ1n) is 4.72. The van der Waals surface area contributed by atoms with Crippen LogP contribution in [-0.4, -0.2) is 11.6 Å². The lowest BCUT2D eigenvalue weighted by molar-refractivity contribution is 0.214. The van der Waals surface area contributed by atoms with Crippen LogP contribution >= 0.6 is 11.6 Å². The van der Waals surface area contributed by atoms with Gasteiger partial charge in [0.1, 0.15) is 11.8 Å². The molecular formula is C10H12ClN3O. The van der Waals surface area contributed by atoms with Gasteiger partial charge in [0.15, 0.2) is 0 Å². The number of nitrogens with two attached hydrogens (primary N) is 1. The molecule has 15 heavy (non-hydrogen) atoms. The molecule has 0 fully saturated rings. The number of aromatic nitrogens is 1. The molecule has 1 aliphatic heterocycles. The van der Waals surface area contributed by atoms with E-state index in [1.54, 1.807) is 18.3 Å². The second kappa shape index (κ2) is 4.61. The van der Waals surface area contributed by atoms with Gasteiger partial charge < -0.3 is 4.74 Å². The van der Waals surface area contributed by atoms with Gasteiger partial charge in [-0.3, -0.25) is 10.8 Å². The van der Waals surface area contributed by atoms with Crippen LogP contribution in [0, 0.1) is 0 Å². The fraction of sp³-hybridized carbons (Fsp3) is 0.300. The first-order valence-corrected chi connectivity index (χ1v) is 5.10. The Labute approximate surface area is 93.1 Å². The molecule has 0 saturated carbocycles. The predicted molar refractivity (Wildman–Crippen MR) is 58.0 cm³/mol. The summed E-state index contributed by atoms with van der Waals surface area (Å²) in [6.07, 6.45) is 4.58. The summed E-state index contributed by atoms with van der Waals surface area (Å²) in [5.74, 6) is 6.27. The Kier molecular flexibility index (Phi) is 3.20. The lowest BCUT2D eigenvalue weighted by Crippen LogP contribution is -2.30. The SMILES string of the molecule is NNC(C1=CCCO1)c1ncccc1Cl. The van der Waals surface area contributed by atoms with Crippen molar-refractivity contribution in [2.75, 3.05) is 6.61 Å². The van der Waals surface area contributed by atoms with Crippen molar-refractivity contribution in [3.05, 3.63) is 40.9 Å². The topological polar surface area (TPSA) is 60.2 Å². The molecule has 0 amide bonds. The van der Waals surface area contributed by atoms with E-state index in [1.807, 2.05) is 6.08 Å². The molecule has 4 nitrogen and oxygen atoms in total. The number of hydrazine groups is 1. The number of halogens is 1. The summed E-state index contributed by atoms with van der Waals surface area (Å²) in [4.78, 5) is 4.20. The van der Waals surface area contributed by atoms with Crippen LogP contribution in [0.1, 0.15) is 18.2 Å². The van der Waals surface area contributed by atoms with Gasteiger partial charge in [-0.1, -0.05) is 11.6 Å². The van der Waals surface area contributed by atoms with Gasteiger partial charge in [-0.05, 0) is 18.2 Å². The van der Waals surface area contributed by atoms with Gasteiger partial charge in [0.2, 0.25) is 0 Å². The molecule has 0 bridgehead atoms. The summed E-state index contributed by atoms with van der Waals surface area (Å²) in [7, 11) is 0. The molecule has 5 heteroatoms. The van der Waals surface area contributed by atoms with Crippen LogP contribution in [-0.2, 0) is 4.74 Å². The third kappa shape index (κ3) is 2.12. The van der Waals surface area contributed by atoms with Crippen LogP contribution in [0.2, 0.25) is 5.02 Å². The zero-order chi connectivity index (χ0) is 10.7. The Bertz CT molecular complexity index is 381. The van der Waals surface area contributed by atoms with Crippen molar-refractivity contribution in [1.82, 2.24) is 10.4 Å². The standard InChI is InChI=1S/C10H12ClN3O/c11-7-3-1-5-13-9(7)10(14-12)8-4-2-6-15-8/h1,3-5,10,14H,2,6,12H2. The third-order valence-corrected chi connectivity index (χ3v) is 2.56. The molecule has 2 rings (SSSR count). The Morgan fingerprint density at radius 1 is 1.60 bits per heavy atom. The predicted octanol–water partition coefficient (Wildman–Crippen LogP) is 1.54. The summed E-state index contributed by atoms with van der Waals surface area (Å²) in [5, 5.41) is 0.580. The summed E-state index contributed by atoms with van der Waals surface area (Å²) >= 11 is 6.04. The van der Waals surface area contributed by atoms with Crippen molar-refractivity contribution < 1.29 is 4.74 Å². The van der Waals surface area contributed by atoms with Gasteiger partial charge in [-0.25, -0.2) is 5.43 Å². The van der Waals surface area contributed by atoms with E-state index in [1.165, 1.54) is 0 Å². The van der Waals surface area contributed by atoms with Gasteiger partial charge >= 0.3 is 0 Å². The Morgan fingerprint density at radius 3 is 3.07 bits per heavy atom. The molecular weight excluding hydrogens is 214 g/mol. The van der Waals surface area contributed by atoms with E-state index in [0.29, 0.717) is 17.3 Å². The highest BCUT2D eigenvalue weighted by Gasteiger charge is 2.22. The van der Waals surface area contributed by atoms with Crippen LogP contribution in [0.25, 0.3) is 0 Å². The molecule has 0 spiro atoms. The van der Waals surface area contributed by atoms with E-state index in [0.717, 1.165) is 12.2 Å². The van der Waals surface area contributed by atoms with Gasteiger partial charge in [-0.15, -0.1) is 0 Å². The first-order chi connectivity index (χ1) is 7.33. The van der Waals surface area contributed by atoms with Gasteiger partial charge in [0, 0.05) is 12.6 Å². The summed E-state index contributed by atoms with van der Waals surface area (Å²) in [6, 6.07) is 3.30. The molecule has 3 N–H and O–H groups in total. The molecule has 0 aromatic carbocycles. The molecule has 1 unspecified atom stereocenters. The van der Waals surface area contributed by atoms with Crippen LogP contribution in [0.5, 0.6) is 0 Å². The largest absolute Gasteiger partial charge is 0.496 e. The lowest BCUT2D eigenvalue weighted by Gasteiger charge is -2.17. The fourth-order valence-electron chi connectivity index (χ4n) is 1.54. The Hall–Kier alpha value is -1.10. The Balaban J connectivity index is 2.30. The van der Waals surface area contributed by atoms with Gasteiger partial charge in [-0.2, -0.15) is 0 Å². The minimum atomic E-state index is -0.263. The Morgan fingerprint density at radius 2 is 2.47 bits per heavy atom. The second-order valence-electron chi connectivity index (χ2n) is 3.21. The quantitative estimate of drug-likeness (QED) is 0.605. The lowest BCUT2D eigenvalue weighted by atomic mass is 10.1. The van der Waals surface area contributed by atoms with E-state index in [-0.39, 0.29) is 6.04 Å². The molecule has 0 aliphatic carbocycles. The van der Waals surface area contributed by atoms with Gasteiger partial charge in [0.25, 0.3) is 0 Å². The molecule has 80 valence electrons. The van der Waals surface area contributed by atoms with Gasteiger partial charge in [0.05, 0.1) is 17.3 Å². The number of rotatable bonds is 3. The monoisotopic (exact) mass is 225 g/mol. The van der Waals surface area contributed by atoms with E-state index >= 15 is 0 Å². The molecule has 1 aromatic heterocycles. The van der Waals surface area contributed by atoms with Crippen LogP contribution in [0.4, 0.5) is 0 Å². The van der Waals surface area contributed by atoms with Crippen molar-refractivity contribution in [2.45, 2.75) is 12.5 Å². The first kappa shape index (κ1) is 10.4. The number of hydrogen-bond donors (Lipinski definition) is 2. The maximum Gasteiger partial charge on any atom is 0.122 e. The number of nitrogens with zero attached hydrogens (tertiary/aromatic N) is 1. The highest BCUT2D eigenvalue weighted by Crippen LogP contribution is 2.28. The van der Waals surface area contributed by atoms with Crippen LogP contribution in [0.3, 0.4) is 0 Å². The van der Waals surface area contributed by atoms with Crippen molar-refractivity contribution in [3.8, 4) is 0 Å². The van der Waals surface area contributed by atoms with Crippen LogP contribution in [0.15, 0.2) is 30.2 Å². The van der Waals surface area contributed by atoms with E-state index in [2.05, 4.69) is 10.4 Å². The zero-order valence-electron chi connectivity index (χ0n) is 8.11. The summed E-state index contributed by atoms with van der Waals surface area (Å²) < 4.78 is 5.44. The fourth-order valence-corrected chi connectivity index (χ4v) is 1.77. The number of nitrogens with one attached hydrogen (secondary N) is 1. The smallest absolute Gasteiger partial charge is 0.122 e. The summed E-state index contributed by atoms with van der Waals surface area (Å²) in [5.41, 5.74) is 3.35. The van der Waals surface area contributed by atoms with Crippen molar-refractivity contribution in [1.29, 1.82) is 0 Å². The zero-order valence-corrected chi connectivity index (χ0v) is 8.87. The number of hydrogen-bond acceptors (Lipinski definition) is 4. The van der Waals surface area contributed by atoms with Crippen LogP contribution < -0.4 is 11.3 Å². The normalized spacial score (nSPS) is 17.1. The van der Waals surface area contributed by atoms with Crippen molar-refractivity contribution >= 4 is 11.6 Å². The maximum atomic E-state index is 6.04. The maximum absolute atomic E-state index is 6.04. The van der Waals surface area contributed by atoms with E-state index in [9.17, 15) is 0 Å². The summed E-state index contributed by atoms with van der Waals surface area (Å²) in [6.45, 7) is 0.692. The molecule has 0 radical (unpaired) electrons. The number of ether oxygens (including phenoxy) is 1. The molecule has 1 atom stereocenters. The third-order valence-electron chi connectivity index (χ3n) is 2.24. The highest BCUT2D eigenvalue weighted by molar-refractivity contribution is 6.31. The average Bonchev–Trinajstić information content (AvgIpc) is 2.75. The second-order valence-corrected chi connectivity index (χ2v) is 3.62. The molecule has 1 aliphatic rings. The molecule has 0 saturated heterocycles. The average molecular weight is 226 g/mol. The highest BCUT2D eigenvalue weighted by atomic mass is 35.5. The van der Waals surface area contributed by atoms with Crippen molar-refractivity contribution in [3.63, 3.8) is 0 Å². The van der Waals surface area contributed by atoms with E-state index in [4.69, 9.17) is 22.2 Å². The number of pyridine rings is 1. The molecule has 1 aromatic rings. The molecule has 2 heterocycles. The van der Waals surface area contributed by atoms with Crippen molar-refractivity contribution in [2.24, 2.45) is 5.84 Å². The minimum absolute atomic E-state index is 0.263.